The van der Waals surface area contributed by atoms with E-state index < -0.39 is 0 Å². The van der Waals surface area contributed by atoms with E-state index >= 15 is 0 Å². The minimum absolute atomic E-state index is 0.157. The van der Waals surface area contributed by atoms with Gasteiger partial charge in [-0.1, -0.05) is 86.6 Å². The fraction of sp³-hybridized carbons (Fsp3) is 0.250. The molecule has 4 heteroatoms. The summed E-state index contributed by atoms with van der Waals surface area (Å²) < 4.78 is 2.23. The zero-order valence-corrected chi connectivity index (χ0v) is 18.8. The van der Waals surface area contributed by atoms with Gasteiger partial charge in [-0.2, -0.15) is 0 Å². The lowest BCUT2D eigenvalue weighted by atomic mass is 9.98. The fourth-order valence-electron chi connectivity index (χ4n) is 4.94. The van der Waals surface area contributed by atoms with Crippen molar-refractivity contribution >= 4 is 22.5 Å². The van der Waals surface area contributed by atoms with Gasteiger partial charge in [-0.15, -0.1) is 0 Å². The summed E-state index contributed by atoms with van der Waals surface area (Å²) in [6.07, 6.45) is 0. The van der Waals surface area contributed by atoms with E-state index in [0.717, 1.165) is 42.1 Å². The van der Waals surface area contributed by atoms with Crippen molar-refractivity contribution in [3.8, 4) is 22.4 Å². The minimum Gasteiger partial charge on any atom is -0.329 e. The van der Waals surface area contributed by atoms with Crippen LogP contribution in [-0.2, 0) is 11.3 Å². The molecule has 0 radical (unpaired) electrons. The zero-order valence-electron chi connectivity index (χ0n) is 18.8. The van der Waals surface area contributed by atoms with E-state index in [-0.39, 0.29) is 5.91 Å². The molecule has 0 N–H and O–H groups in total. The molecule has 0 fully saturated rings. The Balaban J connectivity index is 1.73. The van der Waals surface area contributed by atoms with Gasteiger partial charge in [0.1, 0.15) is 6.54 Å². The number of carbonyl (C=O) groups is 1. The number of anilines is 1. The molecule has 0 aliphatic carbocycles. The summed E-state index contributed by atoms with van der Waals surface area (Å²) in [5, 5.41) is 1.20. The summed E-state index contributed by atoms with van der Waals surface area (Å²) >= 11 is 0. The van der Waals surface area contributed by atoms with Crippen LogP contribution in [0, 0.1) is 0 Å². The maximum Gasteiger partial charge on any atom is 0.247 e. The van der Waals surface area contributed by atoms with E-state index in [4.69, 9.17) is 0 Å². The van der Waals surface area contributed by atoms with Crippen LogP contribution in [0.4, 0.5) is 5.69 Å². The molecule has 1 aliphatic rings. The summed E-state index contributed by atoms with van der Waals surface area (Å²) in [5.74, 6) is 0.157. The van der Waals surface area contributed by atoms with Crippen molar-refractivity contribution in [3.63, 3.8) is 0 Å². The highest BCUT2D eigenvalue weighted by Crippen LogP contribution is 2.45. The summed E-state index contributed by atoms with van der Waals surface area (Å²) in [7, 11) is 0. The fourth-order valence-corrected chi connectivity index (χ4v) is 4.94. The second kappa shape index (κ2) is 8.64. The molecule has 1 aromatic heterocycles. The van der Waals surface area contributed by atoms with Crippen LogP contribution < -0.4 is 4.90 Å². The summed E-state index contributed by atoms with van der Waals surface area (Å²) in [6.45, 7) is 8.30. The highest BCUT2D eigenvalue weighted by atomic mass is 16.2. The highest BCUT2D eigenvalue weighted by molar-refractivity contribution is 6.14. The molecule has 2 heterocycles. The summed E-state index contributed by atoms with van der Waals surface area (Å²) in [4.78, 5) is 17.8. The predicted octanol–water partition coefficient (Wildman–Crippen LogP) is 5.66. The number of rotatable bonds is 7. The van der Waals surface area contributed by atoms with Crippen LogP contribution in [0.25, 0.3) is 33.3 Å². The summed E-state index contributed by atoms with van der Waals surface area (Å²) in [6, 6.07) is 27.4. The lowest BCUT2D eigenvalue weighted by Crippen LogP contribution is -2.42. The Bertz CT molecular complexity index is 1240. The van der Waals surface area contributed by atoms with Crippen LogP contribution in [0.2, 0.25) is 0 Å². The highest BCUT2D eigenvalue weighted by Gasteiger charge is 2.31. The molecule has 3 aromatic carbocycles. The van der Waals surface area contributed by atoms with Gasteiger partial charge in [0, 0.05) is 24.0 Å². The molecule has 0 unspecified atom stereocenters. The molecule has 5 rings (SSSR count). The molecule has 0 saturated heterocycles. The second-order valence-corrected chi connectivity index (χ2v) is 8.29. The van der Waals surface area contributed by atoms with E-state index in [1.807, 2.05) is 17.0 Å². The van der Waals surface area contributed by atoms with Gasteiger partial charge in [0.2, 0.25) is 5.91 Å². The van der Waals surface area contributed by atoms with Crippen molar-refractivity contribution in [3.05, 3.63) is 78.9 Å². The molecule has 1 amide bonds. The van der Waals surface area contributed by atoms with Crippen molar-refractivity contribution in [2.45, 2.75) is 20.4 Å². The number of nitrogens with zero attached hydrogens (tertiary/aromatic N) is 3. The van der Waals surface area contributed by atoms with Gasteiger partial charge in [-0.25, -0.2) is 0 Å². The first kappa shape index (κ1) is 20.5. The third-order valence-corrected chi connectivity index (χ3v) is 6.59. The number of likely N-dealkylation sites (N-methyl/N-ethyl adjacent to an activating group) is 1. The molecule has 32 heavy (non-hydrogen) atoms. The lowest BCUT2D eigenvalue weighted by molar-refractivity contribution is -0.119. The smallest absolute Gasteiger partial charge is 0.247 e. The van der Waals surface area contributed by atoms with Gasteiger partial charge < -0.3 is 14.4 Å². The number of carbonyl (C=O) groups excluding carboxylic acids is 1. The van der Waals surface area contributed by atoms with Crippen LogP contribution in [0.3, 0.4) is 0 Å². The molecule has 162 valence electrons. The zero-order chi connectivity index (χ0) is 22.1. The van der Waals surface area contributed by atoms with Crippen LogP contribution in [0.15, 0.2) is 78.9 Å². The van der Waals surface area contributed by atoms with Gasteiger partial charge in [-0.3, -0.25) is 4.79 Å². The Labute approximate surface area is 189 Å². The van der Waals surface area contributed by atoms with E-state index in [9.17, 15) is 4.79 Å². The Hall–Kier alpha value is -3.37. The van der Waals surface area contributed by atoms with E-state index in [0.29, 0.717) is 13.1 Å². The van der Waals surface area contributed by atoms with Gasteiger partial charge in [0.05, 0.1) is 16.9 Å². The first-order valence-corrected chi connectivity index (χ1v) is 11.5. The summed E-state index contributed by atoms with van der Waals surface area (Å²) in [5.41, 5.74) is 6.81. The van der Waals surface area contributed by atoms with E-state index in [1.165, 1.54) is 16.5 Å². The van der Waals surface area contributed by atoms with Crippen LogP contribution >= 0.6 is 0 Å². The number of aromatic nitrogens is 1. The average Bonchev–Trinajstić information content (AvgIpc) is 3.17. The monoisotopic (exact) mass is 423 g/mol. The Kier molecular flexibility index (Phi) is 5.54. The molecule has 1 aliphatic heterocycles. The minimum atomic E-state index is 0.157. The molecule has 0 saturated carbocycles. The third kappa shape index (κ3) is 3.41. The van der Waals surface area contributed by atoms with E-state index in [1.54, 1.807) is 0 Å². The number of hydrogen-bond acceptors (Lipinski definition) is 2. The van der Waals surface area contributed by atoms with Crippen LogP contribution in [0.5, 0.6) is 0 Å². The van der Waals surface area contributed by atoms with Crippen molar-refractivity contribution < 1.29 is 4.79 Å². The quantitative estimate of drug-likeness (QED) is 0.383. The van der Waals surface area contributed by atoms with Crippen molar-refractivity contribution in [1.82, 2.24) is 9.47 Å². The lowest BCUT2D eigenvalue weighted by Gasteiger charge is -2.31. The van der Waals surface area contributed by atoms with Crippen molar-refractivity contribution in [1.29, 1.82) is 0 Å². The molecule has 0 bridgehead atoms. The van der Waals surface area contributed by atoms with Gasteiger partial charge in [-0.05, 0) is 30.3 Å². The largest absolute Gasteiger partial charge is 0.329 e. The molecule has 4 nitrogen and oxygen atoms in total. The molecular weight excluding hydrogens is 394 g/mol. The third-order valence-electron chi connectivity index (χ3n) is 6.59. The standard InChI is InChI=1S/C28H29N3O/c1-3-29(4-2)18-19-30-24-17-11-16-23-26(21-12-7-5-8-13-21)27(22-14-9-6-10-15-22)31(28(23)24)20-25(30)32/h5-17H,3-4,18-20H2,1-2H3. The van der Waals surface area contributed by atoms with Crippen LogP contribution in [-0.4, -0.2) is 41.6 Å². The topological polar surface area (TPSA) is 28.5 Å². The van der Waals surface area contributed by atoms with Gasteiger partial charge in [0.25, 0.3) is 0 Å². The first-order valence-electron chi connectivity index (χ1n) is 11.5. The van der Waals surface area contributed by atoms with E-state index in [2.05, 4.69) is 90.0 Å². The van der Waals surface area contributed by atoms with Crippen molar-refractivity contribution in [2.75, 3.05) is 31.1 Å². The first-order chi connectivity index (χ1) is 15.7. The van der Waals surface area contributed by atoms with Gasteiger partial charge in [0.15, 0.2) is 0 Å². The Morgan fingerprint density at radius 3 is 2.12 bits per heavy atom. The molecule has 0 spiro atoms. The number of para-hydroxylation sites is 1. The SMILES string of the molecule is CCN(CC)CCN1C(=O)Cn2c(-c3ccccc3)c(-c3ccccc3)c3cccc1c32. The molecular formula is C28H29N3O. The Morgan fingerprint density at radius 1 is 0.812 bits per heavy atom. The maximum absolute atomic E-state index is 13.4. The predicted molar refractivity (Wildman–Crippen MR) is 133 cm³/mol. The second-order valence-electron chi connectivity index (χ2n) is 8.29. The Morgan fingerprint density at radius 2 is 1.47 bits per heavy atom. The molecule has 0 atom stereocenters. The van der Waals surface area contributed by atoms with Gasteiger partial charge >= 0.3 is 0 Å². The maximum atomic E-state index is 13.4. The number of hydrogen-bond donors (Lipinski definition) is 0. The average molecular weight is 424 g/mol. The van der Waals surface area contributed by atoms with Crippen molar-refractivity contribution in [2.24, 2.45) is 0 Å². The number of benzene rings is 3. The molecule has 4 aromatic rings. The number of amides is 1. The van der Waals surface area contributed by atoms with Crippen LogP contribution in [0.1, 0.15) is 13.8 Å². The normalized spacial score (nSPS) is 13.3.